The molecule has 0 bridgehead atoms. The second kappa shape index (κ2) is 6.31. The van der Waals surface area contributed by atoms with Crippen LogP contribution in [0.2, 0.25) is 0 Å². The van der Waals surface area contributed by atoms with E-state index in [1.807, 2.05) is 12.1 Å². The molecular formula is C16H16N2O6. The summed E-state index contributed by atoms with van der Waals surface area (Å²) < 4.78 is 15.9. The van der Waals surface area contributed by atoms with Crippen LogP contribution >= 0.6 is 0 Å². The molecule has 0 spiro atoms. The fraction of sp³-hybridized carbons (Fsp3) is 0.375. The summed E-state index contributed by atoms with van der Waals surface area (Å²) in [7, 11) is 0. The number of carbonyl (C=O) groups is 1. The Morgan fingerprint density at radius 3 is 2.88 bits per heavy atom. The SMILES string of the molecule is CCOC(=O)C1Oc2ccccc2C1Cc1onc(C)c1[N+](=O)[O-]. The van der Waals surface area contributed by atoms with Crippen molar-refractivity contribution in [2.45, 2.75) is 32.3 Å². The van der Waals surface area contributed by atoms with Crippen LogP contribution in [0.15, 0.2) is 28.8 Å². The lowest BCUT2D eigenvalue weighted by molar-refractivity contribution is -0.386. The predicted molar refractivity (Wildman–Crippen MR) is 81.8 cm³/mol. The number of aryl methyl sites for hydroxylation is 1. The van der Waals surface area contributed by atoms with Gasteiger partial charge in [-0.15, -0.1) is 0 Å². The molecule has 2 unspecified atom stereocenters. The van der Waals surface area contributed by atoms with Crippen molar-refractivity contribution in [3.63, 3.8) is 0 Å². The van der Waals surface area contributed by atoms with Crippen LogP contribution in [0, 0.1) is 17.0 Å². The maximum Gasteiger partial charge on any atom is 0.347 e. The maximum atomic E-state index is 12.2. The molecule has 24 heavy (non-hydrogen) atoms. The van der Waals surface area contributed by atoms with Gasteiger partial charge in [-0.3, -0.25) is 10.1 Å². The summed E-state index contributed by atoms with van der Waals surface area (Å²) in [5, 5.41) is 14.9. The number of esters is 1. The zero-order valence-electron chi connectivity index (χ0n) is 13.2. The van der Waals surface area contributed by atoms with Crippen LogP contribution in [-0.2, 0) is 16.0 Å². The molecule has 8 nitrogen and oxygen atoms in total. The largest absolute Gasteiger partial charge is 0.478 e. The summed E-state index contributed by atoms with van der Waals surface area (Å²) in [6.07, 6.45) is -0.746. The zero-order chi connectivity index (χ0) is 17.3. The zero-order valence-corrected chi connectivity index (χ0v) is 13.2. The second-order valence-corrected chi connectivity index (χ2v) is 5.44. The molecular weight excluding hydrogens is 316 g/mol. The third-order valence-corrected chi connectivity index (χ3v) is 3.94. The number of nitrogens with zero attached hydrogens (tertiary/aromatic N) is 2. The number of hydrogen-bond acceptors (Lipinski definition) is 7. The van der Waals surface area contributed by atoms with Crippen LogP contribution in [0.5, 0.6) is 5.75 Å². The topological polar surface area (TPSA) is 105 Å². The Bertz CT molecular complexity index is 785. The number of para-hydroxylation sites is 1. The minimum atomic E-state index is -0.868. The molecule has 2 heterocycles. The summed E-state index contributed by atoms with van der Waals surface area (Å²) in [4.78, 5) is 22.9. The molecule has 0 fully saturated rings. The van der Waals surface area contributed by atoms with E-state index in [-0.39, 0.29) is 30.2 Å². The van der Waals surface area contributed by atoms with Crippen molar-refractivity contribution in [1.82, 2.24) is 5.16 Å². The molecule has 1 aromatic carbocycles. The van der Waals surface area contributed by atoms with E-state index in [2.05, 4.69) is 5.16 Å². The van der Waals surface area contributed by atoms with E-state index in [4.69, 9.17) is 14.0 Å². The third kappa shape index (κ3) is 2.70. The molecule has 0 aliphatic carbocycles. The summed E-state index contributed by atoms with van der Waals surface area (Å²) in [5.41, 5.74) is 0.829. The number of hydrogen-bond donors (Lipinski definition) is 0. The molecule has 0 saturated carbocycles. The molecule has 1 aliphatic heterocycles. The monoisotopic (exact) mass is 332 g/mol. The Balaban J connectivity index is 1.96. The van der Waals surface area contributed by atoms with Crippen LogP contribution in [0.3, 0.4) is 0 Å². The number of nitro groups is 1. The first-order valence-electron chi connectivity index (χ1n) is 7.54. The lowest BCUT2D eigenvalue weighted by Crippen LogP contribution is -2.32. The number of ether oxygens (including phenoxy) is 2. The van der Waals surface area contributed by atoms with Crippen LogP contribution < -0.4 is 4.74 Å². The highest BCUT2D eigenvalue weighted by atomic mass is 16.6. The fourth-order valence-electron chi connectivity index (χ4n) is 2.91. The predicted octanol–water partition coefficient (Wildman–Crippen LogP) is 2.54. The van der Waals surface area contributed by atoms with E-state index in [9.17, 15) is 14.9 Å². The van der Waals surface area contributed by atoms with Gasteiger partial charge in [-0.1, -0.05) is 23.4 Å². The first-order valence-corrected chi connectivity index (χ1v) is 7.54. The Labute approximate surface area is 137 Å². The summed E-state index contributed by atoms with van der Waals surface area (Å²) in [5.74, 6) is -0.250. The summed E-state index contributed by atoms with van der Waals surface area (Å²) in [6, 6.07) is 7.20. The number of aromatic nitrogens is 1. The lowest BCUT2D eigenvalue weighted by Gasteiger charge is -2.16. The van der Waals surface area contributed by atoms with Crippen molar-refractivity contribution >= 4 is 11.7 Å². The van der Waals surface area contributed by atoms with Crippen molar-refractivity contribution < 1.29 is 23.7 Å². The van der Waals surface area contributed by atoms with E-state index in [0.717, 1.165) is 5.56 Å². The third-order valence-electron chi connectivity index (χ3n) is 3.94. The summed E-state index contributed by atoms with van der Waals surface area (Å²) in [6.45, 7) is 3.44. The van der Waals surface area contributed by atoms with Crippen molar-refractivity contribution in [3.05, 3.63) is 51.4 Å². The van der Waals surface area contributed by atoms with Gasteiger partial charge in [-0.25, -0.2) is 4.79 Å². The van der Waals surface area contributed by atoms with Gasteiger partial charge in [0.1, 0.15) is 5.75 Å². The molecule has 2 atom stereocenters. The van der Waals surface area contributed by atoms with Gasteiger partial charge in [-0.05, 0) is 19.9 Å². The van der Waals surface area contributed by atoms with Crippen LogP contribution in [-0.4, -0.2) is 28.8 Å². The Kier molecular flexibility index (Phi) is 4.20. The molecule has 8 heteroatoms. The summed E-state index contributed by atoms with van der Waals surface area (Å²) >= 11 is 0. The second-order valence-electron chi connectivity index (χ2n) is 5.44. The highest BCUT2D eigenvalue weighted by Gasteiger charge is 2.42. The van der Waals surface area contributed by atoms with Crippen LogP contribution in [0.25, 0.3) is 0 Å². The average Bonchev–Trinajstić information content (AvgIpc) is 3.09. The van der Waals surface area contributed by atoms with Gasteiger partial charge >= 0.3 is 11.7 Å². The average molecular weight is 332 g/mol. The highest BCUT2D eigenvalue weighted by molar-refractivity contribution is 5.78. The molecule has 0 amide bonds. The molecule has 1 aliphatic rings. The van der Waals surface area contributed by atoms with Crippen molar-refractivity contribution in [3.8, 4) is 5.75 Å². The standard InChI is InChI=1S/C16H16N2O6/c1-3-22-16(19)15-11(10-6-4-5-7-12(10)23-15)8-13-14(18(20)21)9(2)17-24-13/h4-7,11,15H,3,8H2,1-2H3. The Morgan fingerprint density at radius 1 is 1.42 bits per heavy atom. The first kappa shape index (κ1) is 16.0. The van der Waals surface area contributed by atoms with Crippen LogP contribution in [0.4, 0.5) is 5.69 Å². The minimum Gasteiger partial charge on any atom is -0.478 e. The Hall–Kier alpha value is -2.90. The van der Waals surface area contributed by atoms with Gasteiger partial charge in [0.25, 0.3) is 0 Å². The molecule has 1 aromatic heterocycles. The molecule has 126 valence electrons. The van der Waals surface area contributed by atoms with Gasteiger partial charge in [0.15, 0.2) is 5.69 Å². The van der Waals surface area contributed by atoms with Crippen LogP contribution in [0.1, 0.15) is 29.9 Å². The van der Waals surface area contributed by atoms with E-state index in [0.29, 0.717) is 5.75 Å². The first-order chi connectivity index (χ1) is 11.5. The molecule has 3 rings (SSSR count). The lowest BCUT2D eigenvalue weighted by atomic mass is 9.90. The van der Waals surface area contributed by atoms with Crippen molar-refractivity contribution in [2.75, 3.05) is 6.61 Å². The van der Waals surface area contributed by atoms with Crippen molar-refractivity contribution in [1.29, 1.82) is 0 Å². The minimum absolute atomic E-state index is 0.122. The van der Waals surface area contributed by atoms with E-state index < -0.39 is 22.9 Å². The molecule has 0 radical (unpaired) electrons. The number of fused-ring (bicyclic) bond motifs is 1. The van der Waals surface area contributed by atoms with Gasteiger partial charge in [0.05, 0.1) is 11.5 Å². The fourth-order valence-corrected chi connectivity index (χ4v) is 2.91. The number of carbonyl (C=O) groups excluding carboxylic acids is 1. The van der Waals surface area contributed by atoms with Gasteiger partial charge < -0.3 is 14.0 Å². The van der Waals surface area contributed by atoms with Gasteiger partial charge in [-0.2, -0.15) is 0 Å². The van der Waals surface area contributed by atoms with E-state index in [1.165, 1.54) is 6.92 Å². The molecule has 0 saturated heterocycles. The Morgan fingerprint density at radius 2 is 2.17 bits per heavy atom. The number of benzene rings is 1. The molecule has 0 N–H and O–H groups in total. The van der Waals surface area contributed by atoms with Crippen molar-refractivity contribution in [2.24, 2.45) is 0 Å². The quantitative estimate of drug-likeness (QED) is 0.470. The highest BCUT2D eigenvalue weighted by Crippen LogP contribution is 2.42. The van der Waals surface area contributed by atoms with Gasteiger partial charge in [0, 0.05) is 17.9 Å². The molecule has 2 aromatic rings. The smallest absolute Gasteiger partial charge is 0.347 e. The maximum absolute atomic E-state index is 12.2. The number of rotatable bonds is 5. The van der Waals surface area contributed by atoms with E-state index in [1.54, 1.807) is 19.1 Å². The normalized spacial score (nSPS) is 18.8. The van der Waals surface area contributed by atoms with Gasteiger partial charge in [0.2, 0.25) is 11.9 Å². The van der Waals surface area contributed by atoms with E-state index >= 15 is 0 Å².